The Morgan fingerprint density at radius 1 is 1.39 bits per heavy atom. The van der Waals surface area contributed by atoms with E-state index in [0.29, 0.717) is 0 Å². The van der Waals surface area contributed by atoms with E-state index in [1.54, 1.807) is 7.11 Å². The van der Waals surface area contributed by atoms with Crippen molar-refractivity contribution < 1.29 is 4.74 Å². The van der Waals surface area contributed by atoms with Crippen LogP contribution in [0.4, 0.5) is 0 Å². The van der Waals surface area contributed by atoms with Gasteiger partial charge in [-0.05, 0) is 51.1 Å². The molecule has 0 saturated heterocycles. The Kier molecular flexibility index (Phi) is 5.63. The van der Waals surface area contributed by atoms with Crippen molar-refractivity contribution in [2.45, 2.75) is 25.8 Å². The molecular weight excluding hydrogens is 292 g/mol. The Labute approximate surface area is 118 Å². The van der Waals surface area contributed by atoms with Crippen molar-refractivity contribution in [1.29, 1.82) is 0 Å². The highest BCUT2D eigenvalue weighted by Gasteiger charge is 2.14. The van der Waals surface area contributed by atoms with Gasteiger partial charge in [0.15, 0.2) is 0 Å². The third-order valence-corrected chi connectivity index (χ3v) is 3.18. The van der Waals surface area contributed by atoms with Gasteiger partial charge in [-0.25, -0.2) is 0 Å². The SMILES string of the molecule is COc1ccc(Br)cc1CCN(C)CC(C)(C)N. The summed E-state index contributed by atoms with van der Waals surface area (Å²) in [5, 5.41) is 0. The average molecular weight is 315 g/mol. The van der Waals surface area contributed by atoms with E-state index >= 15 is 0 Å². The van der Waals surface area contributed by atoms with Crippen LogP contribution in [-0.4, -0.2) is 37.7 Å². The molecule has 0 aliphatic carbocycles. The van der Waals surface area contributed by atoms with E-state index in [4.69, 9.17) is 10.5 Å². The summed E-state index contributed by atoms with van der Waals surface area (Å²) in [5.74, 6) is 0.943. The summed E-state index contributed by atoms with van der Waals surface area (Å²) in [7, 11) is 3.80. The summed E-state index contributed by atoms with van der Waals surface area (Å²) in [5.41, 5.74) is 7.07. The van der Waals surface area contributed by atoms with E-state index < -0.39 is 0 Å². The highest BCUT2D eigenvalue weighted by molar-refractivity contribution is 9.10. The molecule has 1 aromatic carbocycles. The molecule has 0 amide bonds. The zero-order valence-electron chi connectivity index (χ0n) is 11.7. The minimum atomic E-state index is -0.157. The Bertz CT molecular complexity index is 388. The summed E-state index contributed by atoms with van der Waals surface area (Å²) in [4.78, 5) is 2.25. The second-order valence-corrected chi connectivity index (χ2v) is 6.35. The molecule has 2 N–H and O–H groups in total. The van der Waals surface area contributed by atoms with Crippen molar-refractivity contribution in [3.63, 3.8) is 0 Å². The number of benzene rings is 1. The normalized spacial score (nSPS) is 11.9. The minimum Gasteiger partial charge on any atom is -0.496 e. The first kappa shape index (κ1) is 15.5. The first-order valence-electron chi connectivity index (χ1n) is 6.11. The molecule has 0 fully saturated rings. The number of nitrogens with zero attached hydrogens (tertiary/aromatic N) is 1. The van der Waals surface area contributed by atoms with Crippen LogP contribution in [0.25, 0.3) is 0 Å². The summed E-state index contributed by atoms with van der Waals surface area (Å²) in [6.07, 6.45) is 0.954. The van der Waals surface area contributed by atoms with Crippen molar-refractivity contribution in [1.82, 2.24) is 4.90 Å². The first-order chi connectivity index (χ1) is 8.31. The minimum absolute atomic E-state index is 0.157. The van der Waals surface area contributed by atoms with Gasteiger partial charge in [0.1, 0.15) is 5.75 Å². The van der Waals surface area contributed by atoms with E-state index in [-0.39, 0.29) is 5.54 Å². The van der Waals surface area contributed by atoms with Crippen LogP contribution in [-0.2, 0) is 6.42 Å². The Morgan fingerprint density at radius 3 is 2.61 bits per heavy atom. The smallest absolute Gasteiger partial charge is 0.122 e. The standard InChI is InChI=1S/C14H23BrN2O/c1-14(2,16)10-17(3)8-7-11-9-12(15)5-6-13(11)18-4/h5-6,9H,7-8,10,16H2,1-4H3. The molecule has 3 nitrogen and oxygen atoms in total. The number of ether oxygens (including phenoxy) is 1. The summed E-state index contributed by atoms with van der Waals surface area (Å²) in [6, 6.07) is 6.10. The van der Waals surface area contributed by atoms with Crippen molar-refractivity contribution in [2.75, 3.05) is 27.2 Å². The van der Waals surface area contributed by atoms with Gasteiger partial charge in [0.2, 0.25) is 0 Å². The summed E-state index contributed by atoms with van der Waals surface area (Å²) < 4.78 is 6.45. The van der Waals surface area contributed by atoms with Crippen LogP contribution in [0.2, 0.25) is 0 Å². The quantitative estimate of drug-likeness (QED) is 0.877. The van der Waals surface area contributed by atoms with E-state index in [1.165, 1.54) is 5.56 Å². The lowest BCUT2D eigenvalue weighted by Gasteiger charge is -2.26. The van der Waals surface area contributed by atoms with Gasteiger partial charge in [-0.2, -0.15) is 0 Å². The zero-order chi connectivity index (χ0) is 13.8. The fraction of sp³-hybridized carbons (Fsp3) is 0.571. The number of hydrogen-bond acceptors (Lipinski definition) is 3. The maximum Gasteiger partial charge on any atom is 0.122 e. The fourth-order valence-electron chi connectivity index (χ4n) is 2.03. The van der Waals surface area contributed by atoms with Gasteiger partial charge in [0.05, 0.1) is 7.11 Å². The molecule has 0 aliphatic heterocycles. The lowest BCUT2D eigenvalue weighted by atomic mass is 10.1. The van der Waals surface area contributed by atoms with Crippen molar-refractivity contribution in [2.24, 2.45) is 5.73 Å². The molecule has 4 heteroatoms. The van der Waals surface area contributed by atoms with Gasteiger partial charge in [0, 0.05) is 23.1 Å². The molecule has 18 heavy (non-hydrogen) atoms. The molecule has 0 heterocycles. The van der Waals surface area contributed by atoms with E-state index in [2.05, 4.69) is 33.9 Å². The molecule has 0 spiro atoms. The second-order valence-electron chi connectivity index (χ2n) is 5.43. The molecule has 0 radical (unpaired) electrons. The van der Waals surface area contributed by atoms with E-state index in [9.17, 15) is 0 Å². The molecule has 1 rings (SSSR count). The van der Waals surface area contributed by atoms with Gasteiger partial charge in [-0.3, -0.25) is 0 Å². The molecule has 0 saturated carbocycles. The largest absolute Gasteiger partial charge is 0.496 e. The predicted octanol–water partition coefficient (Wildman–Crippen LogP) is 2.67. The maximum atomic E-state index is 6.01. The predicted molar refractivity (Wildman–Crippen MR) is 80.2 cm³/mol. The highest BCUT2D eigenvalue weighted by atomic mass is 79.9. The van der Waals surface area contributed by atoms with Crippen molar-refractivity contribution in [3.8, 4) is 5.75 Å². The molecular formula is C14H23BrN2O. The average Bonchev–Trinajstić information content (AvgIpc) is 2.24. The number of nitrogens with two attached hydrogens (primary N) is 1. The number of likely N-dealkylation sites (N-methyl/N-ethyl adjacent to an activating group) is 1. The van der Waals surface area contributed by atoms with Crippen LogP contribution in [0.1, 0.15) is 19.4 Å². The number of halogens is 1. The molecule has 0 atom stereocenters. The van der Waals surface area contributed by atoms with Crippen molar-refractivity contribution >= 4 is 15.9 Å². The highest BCUT2D eigenvalue weighted by Crippen LogP contribution is 2.23. The Morgan fingerprint density at radius 2 is 2.06 bits per heavy atom. The first-order valence-corrected chi connectivity index (χ1v) is 6.91. The second kappa shape index (κ2) is 6.55. The topological polar surface area (TPSA) is 38.5 Å². The van der Waals surface area contributed by atoms with Crippen LogP contribution in [0.15, 0.2) is 22.7 Å². The van der Waals surface area contributed by atoms with Crippen LogP contribution in [0, 0.1) is 0 Å². The van der Waals surface area contributed by atoms with Gasteiger partial charge in [-0.15, -0.1) is 0 Å². The molecule has 0 unspecified atom stereocenters. The number of rotatable bonds is 6. The van der Waals surface area contributed by atoms with Crippen LogP contribution in [0.5, 0.6) is 5.75 Å². The molecule has 0 aromatic heterocycles. The Hall–Kier alpha value is -0.580. The van der Waals surface area contributed by atoms with Crippen molar-refractivity contribution in [3.05, 3.63) is 28.2 Å². The van der Waals surface area contributed by atoms with Gasteiger partial charge in [-0.1, -0.05) is 15.9 Å². The van der Waals surface area contributed by atoms with Gasteiger partial charge in [0.25, 0.3) is 0 Å². The van der Waals surface area contributed by atoms with Gasteiger partial charge >= 0.3 is 0 Å². The van der Waals surface area contributed by atoms with Crippen LogP contribution >= 0.6 is 15.9 Å². The molecule has 0 bridgehead atoms. The third-order valence-electron chi connectivity index (χ3n) is 2.68. The fourth-order valence-corrected chi connectivity index (χ4v) is 2.44. The van der Waals surface area contributed by atoms with Gasteiger partial charge < -0.3 is 15.4 Å². The molecule has 102 valence electrons. The van der Waals surface area contributed by atoms with Crippen LogP contribution in [0.3, 0.4) is 0 Å². The molecule has 0 aliphatic rings. The number of methoxy groups -OCH3 is 1. The lowest BCUT2D eigenvalue weighted by molar-refractivity contribution is 0.272. The van der Waals surface area contributed by atoms with Crippen LogP contribution < -0.4 is 10.5 Å². The summed E-state index contributed by atoms with van der Waals surface area (Å²) in [6.45, 7) is 5.93. The molecule has 1 aromatic rings. The number of hydrogen-bond donors (Lipinski definition) is 1. The maximum absolute atomic E-state index is 6.01. The zero-order valence-corrected chi connectivity index (χ0v) is 13.3. The monoisotopic (exact) mass is 314 g/mol. The summed E-state index contributed by atoms with van der Waals surface area (Å²) >= 11 is 3.49. The third kappa shape index (κ3) is 5.38. The van der Waals surface area contributed by atoms with E-state index in [0.717, 1.165) is 29.7 Å². The van der Waals surface area contributed by atoms with E-state index in [1.807, 2.05) is 26.0 Å². The lowest BCUT2D eigenvalue weighted by Crippen LogP contribution is -2.44. The Balaban J connectivity index is 2.60.